The van der Waals surface area contributed by atoms with Gasteiger partial charge in [0, 0.05) is 25.4 Å². The highest BCUT2D eigenvalue weighted by Crippen LogP contribution is 2.24. The van der Waals surface area contributed by atoms with Crippen molar-refractivity contribution < 1.29 is 9.90 Å². The molecule has 1 saturated heterocycles. The van der Waals surface area contributed by atoms with Crippen LogP contribution in [0.25, 0.3) is 5.52 Å². The molecule has 1 aliphatic rings. The summed E-state index contributed by atoms with van der Waals surface area (Å²) in [7, 11) is 0. The maximum Gasteiger partial charge on any atom is 0.257 e. The Morgan fingerprint density at radius 2 is 2.35 bits per heavy atom. The van der Waals surface area contributed by atoms with Gasteiger partial charge in [0.15, 0.2) is 0 Å². The van der Waals surface area contributed by atoms with Crippen LogP contribution in [0.2, 0.25) is 0 Å². The first-order valence-electron chi connectivity index (χ1n) is 7.15. The summed E-state index contributed by atoms with van der Waals surface area (Å²) < 4.78 is 1.73. The van der Waals surface area contributed by atoms with E-state index in [1.807, 2.05) is 29.3 Å². The molecular formula is C15H19N3O2. The van der Waals surface area contributed by atoms with Crippen LogP contribution in [0, 0.1) is 0 Å². The van der Waals surface area contributed by atoms with Crippen LogP contribution in [0.3, 0.4) is 0 Å². The number of nitrogens with zero attached hydrogens (tertiary/aromatic N) is 3. The second-order valence-corrected chi connectivity index (χ2v) is 5.25. The van der Waals surface area contributed by atoms with E-state index in [-0.39, 0.29) is 18.6 Å². The van der Waals surface area contributed by atoms with Gasteiger partial charge in [-0.05, 0) is 37.8 Å². The van der Waals surface area contributed by atoms with E-state index in [1.54, 1.807) is 10.7 Å². The molecular weight excluding hydrogens is 254 g/mol. The van der Waals surface area contributed by atoms with Crippen molar-refractivity contribution in [3.63, 3.8) is 0 Å². The number of rotatable bonds is 4. The van der Waals surface area contributed by atoms with Crippen molar-refractivity contribution in [2.24, 2.45) is 0 Å². The molecule has 20 heavy (non-hydrogen) atoms. The molecule has 5 nitrogen and oxygen atoms in total. The molecule has 1 amide bonds. The fraction of sp³-hybridized carbons (Fsp3) is 0.467. The van der Waals surface area contributed by atoms with E-state index < -0.39 is 0 Å². The van der Waals surface area contributed by atoms with Gasteiger partial charge in [0.1, 0.15) is 0 Å². The molecule has 1 atom stereocenters. The van der Waals surface area contributed by atoms with Crippen LogP contribution >= 0.6 is 0 Å². The van der Waals surface area contributed by atoms with Crippen LogP contribution in [0.15, 0.2) is 30.6 Å². The molecule has 3 heterocycles. The summed E-state index contributed by atoms with van der Waals surface area (Å²) in [5, 5.41) is 13.2. The smallest absolute Gasteiger partial charge is 0.257 e. The van der Waals surface area contributed by atoms with Gasteiger partial charge in [0.2, 0.25) is 0 Å². The van der Waals surface area contributed by atoms with Crippen LogP contribution in [-0.4, -0.2) is 44.7 Å². The third-order valence-electron chi connectivity index (χ3n) is 3.99. The minimum atomic E-state index is 0.0617. The number of fused-ring (bicyclic) bond motifs is 1. The van der Waals surface area contributed by atoms with E-state index in [2.05, 4.69) is 5.10 Å². The zero-order valence-corrected chi connectivity index (χ0v) is 11.4. The summed E-state index contributed by atoms with van der Waals surface area (Å²) in [6.45, 7) is 0.994. The maximum absolute atomic E-state index is 12.7. The second kappa shape index (κ2) is 5.63. The summed E-state index contributed by atoms with van der Waals surface area (Å²) in [5.74, 6) is 0.0617. The first-order chi connectivity index (χ1) is 9.81. The molecule has 2 aromatic heterocycles. The van der Waals surface area contributed by atoms with Crippen LogP contribution in [0.1, 0.15) is 36.0 Å². The summed E-state index contributed by atoms with van der Waals surface area (Å²) in [4.78, 5) is 14.6. The molecule has 1 aliphatic heterocycles. The fourth-order valence-electron chi connectivity index (χ4n) is 2.98. The lowest BCUT2D eigenvalue weighted by Crippen LogP contribution is -2.35. The number of aliphatic hydroxyl groups excluding tert-OH is 1. The monoisotopic (exact) mass is 273 g/mol. The number of carbonyl (C=O) groups excluding carboxylic acids is 1. The van der Waals surface area contributed by atoms with Gasteiger partial charge in [-0.15, -0.1) is 0 Å². The predicted molar refractivity (Wildman–Crippen MR) is 75.6 cm³/mol. The van der Waals surface area contributed by atoms with E-state index in [1.165, 1.54) is 0 Å². The van der Waals surface area contributed by atoms with Crippen LogP contribution < -0.4 is 0 Å². The van der Waals surface area contributed by atoms with Gasteiger partial charge in [-0.3, -0.25) is 4.79 Å². The van der Waals surface area contributed by atoms with Crippen LogP contribution in [-0.2, 0) is 0 Å². The Labute approximate surface area is 117 Å². The van der Waals surface area contributed by atoms with Gasteiger partial charge in [-0.1, -0.05) is 6.07 Å². The van der Waals surface area contributed by atoms with Crippen LogP contribution in [0.5, 0.6) is 0 Å². The number of pyridine rings is 1. The van der Waals surface area contributed by atoms with Gasteiger partial charge in [0.05, 0.1) is 17.3 Å². The Balaban J connectivity index is 1.84. The normalized spacial score (nSPS) is 18.9. The van der Waals surface area contributed by atoms with Crippen molar-refractivity contribution in [2.45, 2.75) is 31.7 Å². The minimum absolute atomic E-state index is 0.0617. The van der Waals surface area contributed by atoms with E-state index in [4.69, 9.17) is 5.11 Å². The number of carbonyl (C=O) groups is 1. The molecule has 0 bridgehead atoms. The molecule has 5 heteroatoms. The molecule has 2 aromatic rings. The first kappa shape index (κ1) is 13.1. The largest absolute Gasteiger partial charge is 0.396 e. The van der Waals surface area contributed by atoms with E-state index in [9.17, 15) is 4.79 Å². The molecule has 1 unspecified atom stereocenters. The topological polar surface area (TPSA) is 57.8 Å². The van der Waals surface area contributed by atoms with E-state index >= 15 is 0 Å². The van der Waals surface area contributed by atoms with Crippen molar-refractivity contribution in [3.05, 3.63) is 36.2 Å². The highest BCUT2D eigenvalue weighted by molar-refractivity contribution is 6.00. The zero-order chi connectivity index (χ0) is 13.9. The highest BCUT2D eigenvalue weighted by Gasteiger charge is 2.30. The zero-order valence-electron chi connectivity index (χ0n) is 11.4. The summed E-state index contributed by atoms with van der Waals surface area (Å²) in [6.07, 6.45) is 7.20. The van der Waals surface area contributed by atoms with Gasteiger partial charge in [0.25, 0.3) is 5.91 Å². The Hall–Kier alpha value is -1.88. The average Bonchev–Trinajstić information content (AvgIpc) is 3.11. The summed E-state index contributed by atoms with van der Waals surface area (Å²) in [5.41, 5.74) is 1.52. The number of amides is 1. The standard InChI is InChI=1S/C15H19N3O2/c19-10-4-6-12-5-3-8-17(12)15(20)13-11-16-18-9-2-1-7-14(13)18/h1-2,7,9,11-12,19H,3-6,8,10H2. The summed E-state index contributed by atoms with van der Waals surface area (Å²) >= 11 is 0. The number of likely N-dealkylation sites (tertiary alicyclic amines) is 1. The Kier molecular flexibility index (Phi) is 3.69. The lowest BCUT2D eigenvalue weighted by atomic mass is 10.1. The first-order valence-corrected chi connectivity index (χ1v) is 7.15. The quantitative estimate of drug-likeness (QED) is 0.922. The van der Waals surface area contributed by atoms with Crippen molar-refractivity contribution in [1.82, 2.24) is 14.5 Å². The highest BCUT2D eigenvalue weighted by atomic mass is 16.3. The Bertz CT molecular complexity index is 608. The molecule has 106 valence electrons. The molecule has 3 rings (SSSR count). The number of hydrogen-bond acceptors (Lipinski definition) is 3. The number of hydrogen-bond donors (Lipinski definition) is 1. The van der Waals surface area contributed by atoms with Crippen LogP contribution in [0.4, 0.5) is 0 Å². The second-order valence-electron chi connectivity index (χ2n) is 5.25. The molecule has 1 N–H and O–H groups in total. The molecule has 1 fully saturated rings. The average molecular weight is 273 g/mol. The summed E-state index contributed by atoms with van der Waals surface area (Å²) in [6, 6.07) is 5.99. The minimum Gasteiger partial charge on any atom is -0.396 e. The van der Waals surface area contributed by atoms with Crippen molar-refractivity contribution in [3.8, 4) is 0 Å². The van der Waals surface area contributed by atoms with Crippen molar-refractivity contribution >= 4 is 11.4 Å². The van der Waals surface area contributed by atoms with Gasteiger partial charge in [-0.2, -0.15) is 5.10 Å². The number of aliphatic hydroxyl groups is 1. The Morgan fingerprint density at radius 1 is 1.45 bits per heavy atom. The molecule has 0 spiro atoms. The van der Waals surface area contributed by atoms with E-state index in [0.29, 0.717) is 5.56 Å². The van der Waals surface area contributed by atoms with Gasteiger partial charge >= 0.3 is 0 Å². The Morgan fingerprint density at radius 3 is 3.20 bits per heavy atom. The van der Waals surface area contributed by atoms with Gasteiger partial charge in [-0.25, -0.2) is 4.52 Å². The third-order valence-corrected chi connectivity index (χ3v) is 3.99. The van der Waals surface area contributed by atoms with E-state index in [0.717, 1.165) is 37.7 Å². The molecule has 0 aromatic carbocycles. The van der Waals surface area contributed by atoms with Crippen molar-refractivity contribution in [1.29, 1.82) is 0 Å². The molecule has 0 radical (unpaired) electrons. The molecule has 0 aliphatic carbocycles. The lowest BCUT2D eigenvalue weighted by molar-refractivity contribution is 0.0726. The molecule has 0 saturated carbocycles. The van der Waals surface area contributed by atoms with Crippen molar-refractivity contribution in [2.75, 3.05) is 13.2 Å². The fourth-order valence-corrected chi connectivity index (χ4v) is 2.98. The number of aromatic nitrogens is 2. The van der Waals surface area contributed by atoms with Gasteiger partial charge < -0.3 is 10.0 Å². The SMILES string of the molecule is O=C(c1cnn2ccccc12)N1CCCC1CCCO. The lowest BCUT2D eigenvalue weighted by Gasteiger charge is -2.24. The maximum atomic E-state index is 12.7. The predicted octanol–water partition coefficient (Wildman–Crippen LogP) is 1.71. The third kappa shape index (κ3) is 2.29.